The summed E-state index contributed by atoms with van der Waals surface area (Å²) in [5.74, 6) is 1.13. The number of hydrogen-bond donors (Lipinski definition) is 1. The molecule has 0 atom stereocenters. The van der Waals surface area contributed by atoms with Gasteiger partial charge in [-0.25, -0.2) is 4.98 Å². The number of piperazine rings is 1. The third-order valence-electron chi connectivity index (χ3n) is 3.89. The monoisotopic (exact) mass is 244 g/mol. The maximum atomic E-state index is 4.64. The fraction of sp³-hybridized carbons (Fsp3) is 0.500. The topological polar surface area (TPSA) is 32.6 Å². The molecule has 0 spiro atoms. The van der Waals surface area contributed by atoms with E-state index in [1.54, 1.807) is 0 Å². The van der Waals surface area contributed by atoms with E-state index in [4.69, 9.17) is 0 Å². The highest BCUT2D eigenvalue weighted by Gasteiger charge is 2.33. The zero-order chi connectivity index (χ0) is 12.6. The molecule has 0 unspecified atom stereocenters. The molecule has 0 radical (unpaired) electrons. The molecule has 96 valence electrons. The molecular weight excluding hydrogens is 224 g/mol. The third-order valence-corrected chi connectivity index (χ3v) is 3.89. The van der Waals surface area contributed by atoms with Crippen LogP contribution in [0.4, 0.5) is 0 Å². The number of fused-ring (bicyclic) bond motifs is 1. The molecular formula is C14H20N4. The number of pyridine rings is 1. The first-order valence-corrected chi connectivity index (χ1v) is 6.58. The van der Waals surface area contributed by atoms with Crippen LogP contribution in [0.15, 0.2) is 30.6 Å². The van der Waals surface area contributed by atoms with Crippen LogP contribution in [0.3, 0.4) is 0 Å². The predicted octanol–water partition coefficient (Wildman–Crippen LogP) is 1.47. The average Bonchev–Trinajstić information content (AvgIpc) is 2.84. The second-order valence-corrected chi connectivity index (χ2v) is 5.37. The van der Waals surface area contributed by atoms with Gasteiger partial charge in [0.25, 0.3) is 0 Å². The van der Waals surface area contributed by atoms with E-state index >= 15 is 0 Å². The van der Waals surface area contributed by atoms with Gasteiger partial charge in [0.1, 0.15) is 5.82 Å². The van der Waals surface area contributed by atoms with Crippen LogP contribution in [-0.2, 0) is 5.54 Å². The SMILES string of the molecule is CC(C)(c1ncc2ccccn12)N1CCNCC1. The van der Waals surface area contributed by atoms with Gasteiger partial charge >= 0.3 is 0 Å². The van der Waals surface area contributed by atoms with E-state index in [1.165, 1.54) is 0 Å². The lowest BCUT2D eigenvalue weighted by atomic mass is 10.0. The van der Waals surface area contributed by atoms with E-state index in [0.29, 0.717) is 0 Å². The average molecular weight is 244 g/mol. The van der Waals surface area contributed by atoms with Crippen molar-refractivity contribution in [3.8, 4) is 0 Å². The van der Waals surface area contributed by atoms with E-state index in [9.17, 15) is 0 Å². The van der Waals surface area contributed by atoms with E-state index in [1.807, 2.05) is 6.20 Å². The van der Waals surface area contributed by atoms with Gasteiger partial charge in [0.15, 0.2) is 0 Å². The second kappa shape index (κ2) is 4.37. The molecule has 1 saturated heterocycles. The van der Waals surface area contributed by atoms with Gasteiger partial charge in [-0.05, 0) is 26.0 Å². The highest BCUT2D eigenvalue weighted by molar-refractivity contribution is 5.46. The van der Waals surface area contributed by atoms with Crippen molar-refractivity contribution in [2.24, 2.45) is 0 Å². The van der Waals surface area contributed by atoms with E-state index < -0.39 is 0 Å². The molecule has 0 amide bonds. The van der Waals surface area contributed by atoms with Gasteiger partial charge < -0.3 is 9.72 Å². The molecule has 1 aliphatic rings. The van der Waals surface area contributed by atoms with E-state index in [2.05, 4.69) is 57.8 Å². The molecule has 0 saturated carbocycles. The van der Waals surface area contributed by atoms with Crippen molar-refractivity contribution in [2.75, 3.05) is 26.2 Å². The van der Waals surface area contributed by atoms with Gasteiger partial charge in [-0.3, -0.25) is 4.90 Å². The maximum Gasteiger partial charge on any atom is 0.133 e. The number of hydrogen-bond acceptors (Lipinski definition) is 3. The largest absolute Gasteiger partial charge is 0.314 e. The number of nitrogens with zero attached hydrogens (tertiary/aromatic N) is 3. The second-order valence-electron chi connectivity index (χ2n) is 5.37. The smallest absolute Gasteiger partial charge is 0.133 e. The van der Waals surface area contributed by atoms with Crippen molar-refractivity contribution in [1.29, 1.82) is 0 Å². The summed E-state index contributed by atoms with van der Waals surface area (Å²) in [6, 6.07) is 6.22. The molecule has 2 aromatic rings. The summed E-state index contributed by atoms with van der Waals surface area (Å²) in [6.45, 7) is 8.81. The van der Waals surface area contributed by atoms with Crippen LogP contribution in [0.1, 0.15) is 19.7 Å². The van der Waals surface area contributed by atoms with Crippen molar-refractivity contribution < 1.29 is 0 Å². The van der Waals surface area contributed by atoms with Crippen LogP contribution < -0.4 is 5.32 Å². The minimum absolute atomic E-state index is 0.0319. The Kier molecular flexibility index (Phi) is 2.84. The van der Waals surface area contributed by atoms with Gasteiger partial charge in [0, 0.05) is 32.4 Å². The molecule has 2 aromatic heterocycles. The standard InChI is InChI=1S/C14H20N4/c1-14(2,17-9-6-15-7-10-17)13-16-11-12-5-3-4-8-18(12)13/h3-5,8,11,15H,6-7,9-10H2,1-2H3. The molecule has 1 fully saturated rings. The minimum atomic E-state index is -0.0319. The summed E-state index contributed by atoms with van der Waals surface area (Å²) in [5.41, 5.74) is 1.13. The summed E-state index contributed by atoms with van der Waals surface area (Å²) in [7, 11) is 0. The van der Waals surface area contributed by atoms with E-state index in [-0.39, 0.29) is 5.54 Å². The first-order chi connectivity index (χ1) is 8.69. The van der Waals surface area contributed by atoms with Gasteiger partial charge in [-0.2, -0.15) is 0 Å². The number of aromatic nitrogens is 2. The molecule has 4 heteroatoms. The number of nitrogens with one attached hydrogen (secondary N) is 1. The Bertz CT molecular complexity index is 537. The Balaban J connectivity index is 2.01. The first-order valence-electron chi connectivity index (χ1n) is 6.58. The molecule has 0 bridgehead atoms. The third kappa shape index (κ3) is 1.82. The predicted molar refractivity (Wildman–Crippen MR) is 72.7 cm³/mol. The zero-order valence-electron chi connectivity index (χ0n) is 11.1. The summed E-state index contributed by atoms with van der Waals surface area (Å²) in [4.78, 5) is 7.15. The van der Waals surface area contributed by atoms with Crippen molar-refractivity contribution in [3.63, 3.8) is 0 Å². The minimum Gasteiger partial charge on any atom is -0.314 e. The Hall–Kier alpha value is -1.39. The van der Waals surface area contributed by atoms with Gasteiger partial charge in [0.05, 0.1) is 17.3 Å². The fourth-order valence-corrected chi connectivity index (χ4v) is 2.76. The van der Waals surface area contributed by atoms with Crippen LogP contribution in [0.5, 0.6) is 0 Å². The van der Waals surface area contributed by atoms with Crippen LogP contribution >= 0.6 is 0 Å². The molecule has 1 aliphatic heterocycles. The summed E-state index contributed by atoms with van der Waals surface area (Å²) >= 11 is 0. The van der Waals surface area contributed by atoms with Crippen molar-refractivity contribution >= 4 is 5.52 Å². The Morgan fingerprint density at radius 1 is 1.22 bits per heavy atom. The molecule has 4 nitrogen and oxygen atoms in total. The normalized spacial score (nSPS) is 18.3. The van der Waals surface area contributed by atoms with Crippen LogP contribution in [0, 0.1) is 0 Å². The number of rotatable bonds is 2. The van der Waals surface area contributed by atoms with Gasteiger partial charge in [0.2, 0.25) is 0 Å². The highest BCUT2D eigenvalue weighted by atomic mass is 15.3. The quantitative estimate of drug-likeness (QED) is 0.868. The van der Waals surface area contributed by atoms with Crippen LogP contribution in [-0.4, -0.2) is 40.5 Å². The summed E-state index contributed by atoms with van der Waals surface area (Å²) in [5, 5.41) is 3.40. The lowest BCUT2D eigenvalue weighted by Gasteiger charge is -2.40. The Morgan fingerprint density at radius 2 is 2.00 bits per heavy atom. The van der Waals surface area contributed by atoms with Gasteiger partial charge in [-0.1, -0.05) is 6.07 Å². The van der Waals surface area contributed by atoms with E-state index in [0.717, 1.165) is 37.5 Å². The molecule has 3 heterocycles. The first kappa shape index (κ1) is 11.7. The zero-order valence-corrected chi connectivity index (χ0v) is 11.1. The van der Waals surface area contributed by atoms with Crippen LogP contribution in [0.25, 0.3) is 5.52 Å². The molecule has 18 heavy (non-hydrogen) atoms. The molecule has 1 N–H and O–H groups in total. The van der Waals surface area contributed by atoms with Crippen molar-refractivity contribution in [2.45, 2.75) is 19.4 Å². The summed E-state index contributed by atoms with van der Waals surface area (Å²) in [6.07, 6.45) is 4.06. The Morgan fingerprint density at radius 3 is 2.78 bits per heavy atom. The lowest BCUT2D eigenvalue weighted by Crippen LogP contribution is -2.52. The molecule has 3 rings (SSSR count). The molecule has 0 aliphatic carbocycles. The summed E-state index contributed by atoms with van der Waals surface area (Å²) < 4.78 is 2.20. The highest BCUT2D eigenvalue weighted by Crippen LogP contribution is 2.27. The van der Waals surface area contributed by atoms with Crippen molar-refractivity contribution in [3.05, 3.63) is 36.4 Å². The Labute approximate surface area is 108 Å². The fourth-order valence-electron chi connectivity index (χ4n) is 2.76. The number of imidazole rings is 1. The van der Waals surface area contributed by atoms with Gasteiger partial charge in [-0.15, -0.1) is 0 Å². The van der Waals surface area contributed by atoms with Crippen molar-refractivity contribution in [1.82, 2.24) is 19.6 Å². The maximum absolute atomic E-state index is 4.64. The van der Waals surface area contributed by atoms with Crippen LogP contribution in [0.2, 0.25) is 0 Å². The molecule has 0 aromatic carbocycles. The lowest BCUT2D eigenvalue weighted by molar-refractivity contribution is 0.0944.